The number of nitrogens with zero attached hydrogens (tertiary/aromatic N) is 2. The summed E-state index contributed by atoms with van der Waals surface area (Å²) in [6.45, 7) is 0. The van der Waals surface area contributed by atoms with Crippen LogP contribution in [0.4, 0.5) is 11.8 Å². The van der Waals surface area contributed by atoms with Gasteiger partial charge in [0.1, 0.15) is 5.82 Å². The number of benzene rings is 2. The van der Waals surface area contributed by atoms with E-state index < -0.39 is 0 Å². The van der Waals surface area contributed by atoms with Crippen LogP contribution in [0.1, 0.15) is 5.56 Å². The molecule has 2 aromatic carbocycles. The van der Waals surface area contributed by atoms with Crippen LogP contribution in [0.15, 0.2) is 73.1 Å². The first-order valence-electron chi connectivity index (χ1n) is 8.56. The smallest absolute Gasteiger partial charge is 0.259 e. The monoisotopic (exact) mass is 353 g/mol. The lowest BCUT2D eigenvalue weighted by molar-refractivity contribution is -0.110. The van der Waals surface area contributed by atoms with E-state index in [0.29, 0.717) is 17.3 Å². The van der Waals surface area contributed by atoms with E-state index >= 15 is 0 Å². The summed E-state index contributed by atoms with van der Waals surface area (Å²) in [7, 11) is 0. The number of nitrogens with one attached hydrogen (secondary N) is 3. The Hall–Kier alpha value is -3.93. The van der Waals surface area contributed by atoms with Gasteiger partial charge in [0.15, 0.2) is 0 Å². The van der Waals surface area contributed by atoms with Gasteiger partial charge < -0.3 is 15.6 Å². The van der Waals surface area contributed by atoms with Crippen LogP contribution in [0.25, 0.3) is 27.7 Å². The van der Waals surface area contributed by atoms with Crippen molar-refractivity contribution in [2.45, 2.75) is 0 Å². The summed E-state index contributed by atoms with van der Waals surface area (Å²) in [4.78, 5) is 24.4. The van der Waals surface area contributed by atoms with E-state index in [1.807, 2.05) is 60.7 Å². The number of hydrogen-bond acceptors (Lipinski definition) is 4. The summed E-state index contributed by atoms with van der Waals surface area (Å²) < 4.78 is 0. The number of pyridine rings is 1. The highest BCUT2D eigenvalue weighted by Crippen LogP contribution is 2.33. The molecule has 0 radical (unpaired) electrons. The molecular weight excluding hydrogens is 338 g/mol. The normalized spacial score (nSPS) is 14.4. The van der Waals surface area contributed by atoms with Crippen molar-refractivity contribution in [2.75, 3.05) is 10.6 Å². The van der Waals surface area contributed by atoms with Crippen molar-refractivity contribution in [3.8, 4) is 11.1 Å². The SMILES string of the molecule is O=C1Nc2ncc(-c3ccccc3)cc2/C1=C/Nc1nc2ccccc2[nH]1. The molecule has 0 saturated heterocycles. The second-order valence-corrected chi connectivity index (χ2v) is 6.25. The fourth-order valence-corrected chi connectivity index (χ4v) is 3.16. The number of anilines is 2. The number of rotatable bonds is 3. The van der Waals surface area contributed by atoms with Crippen LogP contribution in [0.2, 0.25) is 0 Å². The van der Waals surface area contributed by atoms with Gasteiger partial charge in [-0.2, -0.15) is 0 Å². The number of aromatic nitrogens is 3. The molecule has 1 amide bonds. The van der Waals surface area contributed by atoms with E-state index in [-0.39, 0.29) is 5.91 Å². The third-order valence-corrected chi connectivity index (χ3v) is 4.50. The van der Waals surface area contributed by atoms with E-state index in [9.17, 15) is 4.79 Å². The largest absolute Gasteiger partial charge is 0.332 e. The van der Waals surface area contributed by atoms with Gasteiger partial charge in [0.25, 0.3) is 5.91 Å². The molecule has 0 bridgehead atoms. The maximum atomic E-state index is 12.4. The lowest BCUT2D eigenvalue weighted by Crippen LogP contribution is -2.05. The summed E-state index contributed by atoms with van der Waals surface area (Å²) in [6.07, 6.45) is 3.43. The molecule has 0 saturated carbocycles. The molecule has 4 aromatic rings. The van der Waals surface area contributed by atoms with Crippen molar-refractivity contribution < 1.29 is 4.79 Å². The highest BCUT2D eigenvalue weighted by molar-refractivity contribution is 6.31. The molecule has 5 rings (SSSR count). The zero-order chi connectivity index (χ0) is 18.2. The van der Waals surface area contributed by atoms with Crippen LogP contribution < -0.4 is 10.6 Å². The van der Waals surface area contributed by atoms with Gasteiger partial charge in [0, 0.05) is 23.5 Å². The average Bonchev–Trinajstić information content (AvgIpc) is 3.26. The minimum Gasteiger partial charge on any atom is -0.332 e. The molecule has 0 unspecified atom stereocenters. The number of carbonyl (C=O) groups excluding carboxylic acids is 1. The lowest BCUT2D eigenvalue weighted by Gasteiger charge is -2.04. The predicted octanol–water partition coefficient (Wildman–Crippen LogP) is 4.03. The van der Waals surface area contributed by atoms with E-state index in [0.717, 1.165) is 27.7 Å². The zero-order valence-electron chi connectivity index (χ0n) is 14.2. The van der Waals surface area contributed by atoms with Gasteiger partial charge in [-0.1, -0.05) is 42.5 Å². The molecule has 2 aromatic heterocycles. The van der Waals surface area contributed by atoms with Crippen LogP contribution in [0, 0.1) is 0 Å². The van der Waals surface area contributed by atoms with Crippen molar-refractivity contribution in [3.63, 3.8) is 0 Å². The number of fused-ring (bicyclic) bond motifs is 2. The number of H-pyrrole nitrogens is 1. The minimum atomic E-state index is -0.189. The predicted molar refractivity (Wildman–Crippen MR) is 106 cm³/mol. The van der Waals surface area contributed by atoms with Crippen LogP contribution in [-0.2, 0) is 4.79 Å². The molecule has 0 spiro atoms. The van der Waals surface area contributed by atoms with Crippen LogP contribution in [0.3, 0.4) is 0 Å². The molecule has 1 aliphatic rings. The van der Waals surface area contributed by atoms with Crippen LogP contribution in [-0.4, -0.2) is 20.9 Å². The Bertz CT molecular complexity index is 1160. The molecule has 130 valence electrons. The average molecular weight is 353 g/mol. The first-order valence-corrected chi connectivity index (χ1v) is 8.56. The fourth-order valence-electron chi connectivity index (χ4n) is 3.16. The van der Waals surface area contributed by atoms with E-state index in [1.165, 1.54) is 0 Å². The molecule has 6 nitrogen and oxygen atoms in total. The molecule has 6 heteroatoms. The van der Waals surface area contributed by atoms with Crippen molar-refractivity contribution >= 4 is 34.3 Å². The standard InChI is InChI=1S/C21H15N5O/c27-20-16(12-23-21-24-17-8-4-5-9-18(17)25-21)15-10-14(11-22-19(15)26-20)13-6-2-1-3-7-13/h1-12H,(H,22,26,27)(H2,23,24,25)/b16-12-. The van der Waals surface area contributed by atoms with E-state index in [2.05, 4.69) is 25.6 Å². The summed E-state index contributed by atoms with van der Waals surface area (Å²) in [5.74, 6) is 0.959. The molecule has 0 fully saturated rings. The molecule has 27 heavy (non-hydrogen) atoms. The third kappa shape index (κ3) is 2.73. The molecule has 0 atom stereocenters. The molecular formula is C21H15N5O. The number of aromatic amines is 1. The van der Waals surface area contributed by atoms with Crippen molar-refractivity contribution in [3.05, 3.63) is 78.6 Å². The van der Waals surface area contributed by atoms with E-state index in [4.69, 9.17) is 0 Å². The van der Waals surface area contributed by atoms with Gasteiger partial charge >= 0.3 is 0 Å². The highest BCUT2D eigenvalue weighted by atomic mass is 16.2. The summed E-state index contributed by atoms with van der Waals surface area (Å²) >= 11 is 0. The fraction of sp³-hybridized carbons (Fsp3) is 0. The summed E-state index contributed by atoms with van der Waals surface area (Å²) in [6, 6.07) is 19.7. The van der Waals surface area contributed by atoms with Crippen molar-refractivity contribution in [2.24, 2.45) is 0 Å². The van der Waals surface area contributed by atoms with Gasteiger partial charge in [-0.15, -0.1) is 0 Å². The number of imidazole rings is 1. The van der Waals surface area contributed by atoms with Gasteiger partial charge in [-0.3, -0.25) is 4.79 Å². The first-order chi connectivity index (χ1) is 13.3. The molecule has 3 heterocycles. The second kappa shape index (κ2) is 6.10. The maximum absolute atomic E-state index is 12.4. The van der Waals surface area contributed by atoms with Crippen LogP contribution >= 0.6 is 0 Å². The highest BCUT2D eigenvalue weighted by Gasteiger charge is 2.26. The summed E-state index contributed by atoms with van der Waals surface area (Å²) in [5.41, 5.74) is 5.10. The first kappa shape index (κ1) is 15.3. The van der Waals surface area contributed by atoms with Crippen molar-refractivity contribution in [1.29, 1.82) is 0 Å². The Morgan fingerprint density at radius 2 is 1.78 bits per heavy atom. The van der Waals surface area contributed by atoms with Crippen LogP contribution in [0.5, 0.6) is 0 Å². The van der Waals surface area contributed by atoms with Gasteiger partial charge in [0.2, 0.25) is 5.95 Å². The van der Waals surface area contributed by atoms with Crippen molar-refractivity contribution in [1.82, 2.24) is 15.0 Å². The van der Waals surface area contributed by atoms with Gasteiger partial charge in [0.05, 0.1) is 16.6 Å². The maximum Gasteiger partial charge on any atom is 0.259 e. The Kier molecular flexibility index (Phi) is 3.47. The minimum absolute atomic E-state index is 0.189. The number of amides is 1. The summed E-state index contributed by atoms with van der Waals surface area (Å²) in [5, 5.41) is 5.89. The quantitative estimate of drug-likeness (QED) is 0.486. The number of hydrogen-bond donors (Lipinski definition) is 3. The third-order valence-electron chi connectivity index (χ3n) is 4.50. The van der Waals surface area contributed by atoms with E-state index in [1.54, 1.807) is 12.4 Å². The van der Waals surface area contributed by atoms with Gasteiger partial charge in [-0.25, -0.2) is 9.97 Å². The Balaban J connectivity index is 1.50. The van der Waals surface area contributed by atoms with Gasteiger partial charge in [-0.05, 0) is 23.8 Å². The Morgan fingerprint density at radius 3 is 2.63 bits per heavy atom. The topological polar surface area (TPSA) is 82.7 Å². The number of para-hydroxylation sites is 2. The Morgan fingerprint density at radius 1 is 0.963 bits per heavy atom. The molecule has 1 aliphatic heterocycles. The molecule has 3 N–H and O–H groups in total. The lowest BCUT2D eigenvalue weighted by atomic mass is 10.0. The Labute approximate surface area is 155 Å². The second-order valence-electron chi connectivity index (χ2n) is 6.25. The number of carbonyl (C=O) groups is 1. The molecule has 0 aliphatic carbocycles. The zero-order valence-corrected chi connectivity index (χ0v) is 14.2.